The number of likely N-dealkylation sites (tertiary alicyclic amines) is 1. The summed E-state index contributed by atoms with van der Waals surface area (Å²) in [5.74, 6) is -0.893. The van der Waals surface area contributed by atoms with Crippen LogP contribution in [0.4, 0.5) is 19.0 Å². The van der Waals surface area contributed by atoms with Crippen molar-refractivity contribution in [3.05, 3.63) is 83.7 Å². The summed E-state index contributed by atoms with van der Waals surface area (Å²) < 4.78 is 40.3. The van der Waals surface area contributed by atoms with Crippen LogP contribution in [-0.2, 0) is 6.54 Å². The number of rotatable bonds is 5. The van der Waals surface area contributed by atoms with E-state index in [-0.39, 0.29) is 23.5 Å². The predicted molar refractivity (Wildman–Crippen MR) is 143 cm³/mol. The number of aromatic nitrogens is 3. The maximum atomic E-state index is 13.5. The number of anilines is 1. The lowest BCUT2D eigenvalue weighted by molar-refractivity contribution is 0.0788. The molecule has 1 amide bonds. The van der Waals surface area contributed by atoms with Crippen LogP contribution >= 0.6 is 12.6 Å². The Bertz CT molecular complexity index is 1460. The molecule has 1 atom stereocenters. The van der Waals surface area contributed by atoms with E-state index in [1.54, 1.807) is 30.3 Å². The van der Waals surface area contributed by atoms with Crippen LogP contribution in [0.15, 0.2) is 65.7 Å². The second-order valence-electron chi connectivity index (χ2n) is 9.57. The second-order valence-corrected chi connectivity index (χ2v) is 10.1. The van der Waals surface area contributed by atoms with Gasteiger partial charge < -0.3 is 15.3 Å². The number of phenols is 1. The third kappa shape index (κ3) is 6.45. The van der Waals surface area contributed by atoms with E-state index in [0.29, 0.717) is 61.2 Å². The molecule has 2 saturated heterocycles. The molecule has 2 fully saturated rings. The number of hydrogen-bond acceptors (Lipinski definition) is 7. The number of imidazole rings is 1. The highest BCUT2D eigenvalue weighted by molar-refractivity contribution is 7.80. The number of hydrogen-bond donors (Lipinski definition) is 3. The third-order valence-corrected chi connectivity index (χ3v) is 6.83. The first-order valence-corrected chi connectivity index (χ1v) is 12.9. The van der Waals surface area contributed by atoms with Gasteiger partial charge in [-0.25, -0.2) is 22.7 Å². The van der Waals surface area contributed by atoms with E-state index in [1.165, 1.54) is 35.0 Å². The number of thiol groups is 1. The van der Waals surface area contributed by atoms with Crippen molar-refractivity contribution in [3.8, 4) is 5.75 Å². The molecule has 1 unspecified atom stereocenters. The Balaban J connectivity index is 0.000000332. The standard InChI is InChI=1S/C21H22F2N6O2.C6H5FS/c22-14-5-6-28(10-14)20-4-3-19-24-8-17(29(19)26-20)21(31)25-15-11-27(12-15)9-13-1-2-16(23)18(30)7-13;7-5-2-1-3-6(8)4-5/h1-4,7-8,14-15,30H,5-6,9-12H2,(H,25,31);1-4,8H. The molecule has 12 heteroatoms. The van der Waals surface area contributed by atoms with E-state index >= 15 is 0 Å². The van der Waals surface area contributed by atoms with E-state index in [0.717, 1.165) is 5.56 Å². The van der Waals surface area contributed by atoms with Gasteiger partial charge in [0.15, 0.2) is 22.9 Å². The summed E-state index contributed by atoms with van der Waals surface area (Å²) in [4.78, 5) is 21.6. The molecular formula is C27H27F3N6O2S. The van der Waals surface area contributed by atoms with E-state index < -0.39 is 12.0 Å². The molecule has 0 spiro atoms. The van der Waals surface area contributed by atoms with E-state index in [1.807, 2.05) is 4.90 Å². The number of nitrogens with one attached hydrogen (secondary N) is 1. The Morgan fingerprint density at radius 2 is 1.92 bits per heavy atom. The molecule has 4 aromatic rings. The smallest absolute Gasteiger partial charge is 0.271 e. The summed E-state index contributed by atoms with van der Waals surface area (Å²) in [5.41, 5.74) is 1.69. The quantitative estimate of drug-likeness (QED) is 0.324. The minimum atomic E-state index is -0.858. The summed E-state index contributed by atoms with van der Waals surface area (Å²) in [6.45, 7) is 2.75. The first-order valence-electron chi connectivity index (χ1n) is 12.4. The fraction of sp³-hybridized carbons (Fsp3) is 0.296. The Morgan fingerprint density at radius 1 is 1.10 bits per heavy atom. The van der Waals surface area contributed by atoms with Crippen LogP contribution in [-0.4, -0.2) is 68.9 Å². The zero-order chi connectivity index (χ0) is 27.5. The third-order valence-electron chi connectivity index (χ3n) is 6.55. The lowest BCUT2D eigenvalue weighted by atomic mass is 10.1. The van der Waals surface area contributed by atoms with Gasteiger partial charge in [-0.05, 0) is 54.4 Å². The highest BCUT2D eigenvalue weighted by Gasteiger charge is 2.29. The minimum absolute atomic E-state index is 0.0267. The fourth-order valence-electron chi connectivity index (χ4n) is 4.55. The van der Waals surface area contributed by atoms with E-state index in [4.69, 9.17) is 0 Å². The predicted octanol–water partition coefficient (Wildman–Crippen LogP) is 3.85. The molecule has 0 saturated carbocycles. The molecule has 0 radical (unpaired) electrons. The Kier molecular flexibility index (Phi) is 7.94. The molecule has 6 rings (SSSR count). The number of benzene rings is 2. The Labute approximate surface area is 228 Å². The van der Waals surface area contributed by atoms with Crippen LogP contribution in [0.5, 0.6) is 5.75 Å². The number of amides is 1. The molecule has 2 aromatic carbocycles. The molecule has 2 aliphatic heterocycles. The largest absolute Gasteiger partial charge is 0.505 e. The maximum Gasteiger partial charge on any atom is 0.271 e. The van der Waals surface area contributed by atoms with E-state index in [2.05, 4.69) is 32.9 Å². The van der Waals surface area contributed by atoms with Gasteiger partial charge in [0.2, 0.25) is 0 Å². The van der Waals surface area contributed by atoms with Gasteiger partial charge in [0.1, 0.15) is 17.8 Å². The van der Waals surface area contributed by atoms with Crippen molar-refractivity contribution in [2.75, 3.05) is 31.1 Å². The number of aromatic hydroxyl groups is 1. The average molecular weight is 557 g/mol. The molecule has 204 valence electrons. The molecule has 0 bridgehead atoms. The molecule has 39 heavy (non-hydrogen) atoms. The number of nitrogens with zero attached hydrogens (tertiary/aromatic N) is 5. The average Bonchev–Trinajstić information content (AvgIpc) is 3.51. The second kappa shape index (κ2) is 11.5. The van der Waals surface area contributed by atoms with Gasteiger partial charge in [0, 0.05) is 31.1 Å². The normalized spacial score (nSPS) is 17.5. The van der Waals surface area contributed by atoms with E-state index in [9.17, 15) is 23.1 Å². The molecule has 2 aliphatic rings. The van der Waals surface area contributed by atoms with Crippen LogP contribution in [0.25, 0.3) is 5.65 Å². The molecular weight excluding hydrogens is 529 g/mol. The maximum absolute atomic E-state index is 13.5. The minimum Gasteiger partial charge on any atom is -0.505 e. The van der Waals surface area contributed by atoms with Crippen LogP contribution < -0.4 is 10.2 Å². The van der Waals surface area contributed by atoms with Crippen molar-refractivity contribution in [2.24, 2.45) is 0 Å². The number of fused-ring (bicyclic) bond motifs is 1. The van der Waals surface area contributed by atoms with Crippen molar-refractivity contribution >= 4 is 30.0 Å². The lowest BCUT2D eigenvalue weighted by Crippen LogP contribution is -2.58. The van der Waals surface area contributed by atoms with Gasteiger partial charge in [0.25, 0.3) is 5.91 Å². The molecule has 4 heterocycles. The van der Waals surface area contributed by atoms with Gasteiger partial charge in [-0.2, -0.15) is 0 Å². The van der Waals surface area contributed by atoms with Crippen molar-refractivity contribution in [2.45, 2.75) is 30.1 Å². The van der Waals surface area contributed by atoms with Crippen molar-refractivity contribution in [3.63, 3.8) is 0 Å². The van der Waals surface area contributed by atoms with Gasteiger partial charge in [-0.15, -0.1) is 17.7 Å². The topological polar surface area (TPSA) is 86.0 Å². The number of carbonyl (C=O) groups excluding carboxylic acids is 1. The highest BCUT2D eigenvalue weighted by atomic mass is 32.1. The molecule has 8 nitrogen and oxygen atoms in total. The van der Waals surface area contributed by atoms with Crippen molar-refractivity contribution in [1.82, 2.24) is 24.8 Å². The summed E-state index contributed by atoms with van der Waals surface area (Å²) in [5, 5.41) is 17.0. The zero-order valence-corrected chi connectivity index (χ0v) is 21.7. The number of carbonyl (C=O) groups is 1. The van der Waals surface area contributed by atoms with Gasteiger partial charge in [0.05, 0.1) is 18.8 Å². The fourth-order valence-corrected chi connectivity index (χ4v) is 4.76. The van der Waals surface area contributed by atoms with Crippen LogP contribution in [0.2, 0.25) is 0 Å². The van der Waals surface area contributed by atoms with Crippen LogP contribution in [0.3, 0.4) is 0 Å². The van der Waals surface area contributed by atoms with Crippen molar-refractivity contribution < 1.29 is 23.1 Å². The molecule has 2 aromatic heterocycles. The zero-order valence-electron chi connectivity index (χ0n) is 20.8. The first kappa shape index (κ1) is 26.8. The monoisotopic (exact) mass is 556 g/mol. The molecule has 2 N–H and O–H groups in total. The van der Waals surface area contributed by atoms with Crippen molar-refractivity contribution in [1.29, 1.82) is 0 Å². The Hall–Kier alpha value is -3.77. The number of phenolic OH excluding ortho intramolecular Hbond substituents is 1. The summed E-state index contributed by atoms with van der Waals surface area (Å²) in [6, 6.07) is 13.9. The summed E-state index contributed by atoms with van der Waals surface area (Å²) >= 11 is 3.91. The Morgan fingerprint density at radius 3 is 2.59 bits per heavy atom. The SMILES string of the molecule is Fc1cccc(S)c1.O=C(NC1CN(Cc2ccc(F)c(O)c2)C1)c1cnc2ccc(N3CCC(F)C3)nn12. The summed E-state index contributed by atoms with van der Waals surface area (Å²) in [7, 11) is 0. The highest BCUT2D eigenvalue weighted by Crippen LogP contribution is 2.22. The number of halogens is 3. The number of alkyl halides is 1. The lowest BCUT2D eigenvalue weighted by Gasteiger charge is -2.39. The van der Waals surface area contributed by atoms with Crippen LogP contribution in [0, 0.1) is 11.6 Å². The van der Waals surface area contributed by atoms with Gasteiger partial charge in [-0.3, -0.25) is 9.69 Å². The first-order chi connectivity index (χ1) is 18.7. The summed E-state index contributed by atoms with van der Waals surface area (Å²) in [6.07, 6.45) is 1.11. The molecule has 0 aliphatic carbocycles. The van der Waals surface area contributed by atoms with Gasteiger partial charge >= 0.3 is 0 Å². The van der Waals surface area contributed by atoms with Gasteiger partial charge in [-0.1, -0.05) is 12.1 Å². The van der Waals surface area contributed by atoms with Crippen LogP contribution in [0.1, 0.15) is 22.5 Å².